The maximum absolute atomic E-state index is 13.0. The topological polar surface area (TPSA) is 179 Å². The van der Waals surface area contributed by atoms with Crippen molar-refractivity contribution in [3.63, 3.8) is 0 Å². The Morgan fingerprint density at radius 1 is 1.18 bits per heavy atom. The average Bonchev–Trinajstić information content (AvgIpc) is 3.30. The molecule has 0 saturated heterocycles. The number of amides is 3. The van der Waals surface area contributed by atoms with E-state index in [0.29, 0.717) is 24.3 Å². The molecule has 0 saturated carbocycles. The summed E-state index contributed by atoms with van der Waals surface area (Å²) < 4.78 is 0. The van der Waals surface area contributed by atoms with Gasteiger partial charge < -0.3 is 31.8 Å². The number of thioether (sulfide) groups is 1. The Morgan fingerprint density at radius 3 is 2.33 bits per heavy atom. The summed E-state index contributed by atoms with van der Waals surface area (Å²) in [7, 11) is 0. The second-order valence-corrected chi connectivity index (χ2v) is 9.03. The molecule has 0 aliphatic rings. The van der Waals surface area contributed by atoms with Crippen molar-refractivity contribution < 1.29 is 24.3 Å². The van der Waals surface area contributed by atoms with Gasteiger partial charge in [0.05, 0.1) is 12.4 Å². The lowest BCUT2D eigenvalue weighted by Crippen LogP contribution is -2.58. The van der Waals surface area contributed by atoms with Gasteiger partial charge in [0.1, 0.15) is 18.1 Å². The minimum Gasteiger partial charge on any atom is -0.480 e. The summed E-state index contributed by atoms with van der Waals surface area (Å²) in [4.78, 5) is 56.5. The zero-order chi connectivity index (χ0) is 25.0. The second kappa shape index (κ2) is 14.8. The maximum Gasteiger partial charge on any atom is 0.326 e. The quantitative estimate of drug-likeness (QED) is 0.158. The molecule has 0 radical (unpaired) electrons. The summed E-state index contributed by atoms with van der Waals surface area (Å²) in [6, 6.07) is -4.02. The number of aliphatic carboxylic acids is 1. The molecule has 1 aromatic heterocycles. The van der Waals surface area contributed by atoms with Gasteiger partial charge >= 0.3 is 5.97 Å². The van der Waals surface area contributed by atoms with Gasteiger partial charge in [-0.25, -0.2) is 9.78 Å². The van der Waals surface area contributed by atoms with Crippen LogP contribution in [-0.4, -0.2) is 80.7 Å². The fourth-order valence-electron chi connectivity index (χ4n) is 2.88. The van der Waals surface area contributed by atoms with Gasteiger partial charge in [0.2, 0.25) is 17.7 Å². The molecule has 5 atom stereocenters. The molecule has 3 amide bonds. The number of nitrogens with one attached hydrogen (secondary N) is 4. The number of imidazole rings is 1. The monoisotopic (exact) mass is 502 g/mol. The summed E-state index contributed by atoms with van der Waals surface area (Å²) in [5.41, 5.74) is 6.52. The molecule has 0 aliphatic carbocycles. The van der Waals surface area contributed by atoms with Crippen LogP contribution in [0.1, 0.15) is 32.4 Å². The molecule has 0 spiro atoms. The van der Waals surface area contributed by atoms with Crippen LogP contribution in [-0.2, 0) is 25.6 Å². The van der Waals surface area contributed by atoms with Gasteiger partial charge in [-0.05, 0) is 24.3 Å². The summed E-state index contributed by atoms with van der Waals surface area (Å²) in [6.45, 7) is 3.53. The number of carbonyl (C=O) groups is 4. The molecule has 0 fully saturated rings. The number of H-pyrrole nitrogens is 1. The number of thiol groups is 1. The first-order chi connectivity index (χ1) is 15.6. The Hall–Kier alpha value is -2.25. The van der Waals surface area contributed by atoms with Crippen molar-refractivity contribution in [2.75, 3.05) is 17.8 Å². The van der Waals surface area contributed by atoms with Crippen LogP contribution >= 0.6 is 24.4 Å². The fourth-order valence-corrected chi connectivity index (χ4v) is 3.63. The second-order valence-electron chi connectivity index (χ2n) is 7.68. The van der Waals surface area contributed by atoms with Crippen molar-refractivity contribution in [3.8, 4) is 0 Å². The lowest BCUT2D eigenvalue weighted by molar-refractivity contribution is -0.143. The molecule has 0 aliphatic heterocycles. The largest absolute Gasteiger partial charge is 0.480 e. The molecule has 0 bridgehead atoms. The molecule has 186 valence electrons. The van der Waals surface area contributed by atoms with Gasteiger partial charge in [0.15, 0.2) is 0 Å². The summed E-state index contributed by atoms with van der Waals surface area (Å²) >= 11 is 5.68. The van der Waals surface area contributed by atoms with Gasteiger partial charge in [0.25, 0.3) is 0 Å². The normalized spacial score (nSPS) is 15.5. The summed E-state index contributed by atoms with van der Waals surface area (Å²) in [6.07, 6.45) is 5.95. The summed E-state index contributed by atoms with van der Waals surface area (Å²) in [5, 5.41) is 17.1. The van der Waals surface area contributed by atoms with Crippen molar-refractivity contribution in [3.05, 3.63) is 18.2 Å². The highest BCUT2D eigenvalue weighted by Crippen LogP contribution is 2.09. The van der Waals surface area contributed by atoms with E-state index in [1.54, 1.807) is 18.7 Å². The van der Waals surface area contributed by atoms with Crippen molar-refractivity contribution in [2.45, 2.75) is 57.3 Å². The number of nitrogens with zero attached hydrogens (tertiary/aromatic N) is 1. The van der Waals surface area contributed by atoms with E-state index in [-0.39, 0.29) is 18.1 Å². The predicted octanol–water partition coefficient (Wildman–Crippen LogP) is -0.452. The van der Waals surface area contributed by atoms with Crippen molar-refractivity contribution in [2.24, 2.45) is 11.7 Å². The fraction of sp³-hybridized carbons (Fsp3) is 0.650. The van der Waals surface area contributed by atoms with E-state index in [1.165, 1.54) is 12.5 Å². The number of aromatic amines is 1. The van der Waals surface area contributed by atoms with Crippen LogP contribution < -0.4 is 21.7 Å². The van der Waals surface area contributed by atoms with Gasteiger partial charge in [-0.1, -0.05) is 20.3 Å². The molecule has 0 aromatic carbocycles. The average molecular weight is 503 g/mol. The van der Waals surface area contributed by atoms with Crippen molar-refractivity contribution >= 4 is 48.1 Å². The number of hydrogen-bond donors (Lipinski definition) is 7. The number of carboxylic acid groups (broad SMARTS) is 1. The Labute approximate surface area is 203 Å². The molecule has 1 rings (SSSR count). The molecule has 33 heavy (non-hydrogen) atoms. The number of rotatable bonds is 15. The SMILES string of the molecule is CCC(C)C(NC(=O)C(CS)NC(=O)C(Cc1cnc[nH]1)NC(=O)C(N)CCSC)C(=O)O. The Morgan fingerprint density at radius 2 is 1.82 bits per heavy atom. The standard InChI is InChI=1S/C20H34N6O5S2/c1-4-11(2)16(20(30)31)26-19(29)15(9-32)25-18(28)14(7-12-8-22-10-23-12)24-17(27)13(21)5-6-33-3/h8,10-11,13-16,32H,4-7,9,21H2,1-3H3,(H,22,23)(H,24,27)(H,25,28)(H,26,29)(H,30,31). The minimum atomic E-state index is -1.16. The first-order valence-corrected chi connectivity index (χ1v) is 12.6. The van der Waals surface area contributed by atoms with Crippen LogP contribution in [0.2, 0.25) is 0 Å². The van der Waals surface area contributed by atoms with Crippen molar-refractivity contribution in [1.82, 2.24) is 25.9 Å². The molecule has 5 unspecified atom stereocenters. The molecule has 1 aromatic rings. The Kier molecular flexibility index (Phi) is 12.9. The number of carbonyl (C=O) groups excluding carboxylic acids is 3. The third-order valence-corrected chi connectivity index (χ3v) is 6.18. The van der Waals surface area contributed by atoms with Gasteiger partial charge in [0, 0.05) is 24.1 Å². The highest BCUT2D eigenvalue weighted by molar-refractivity contribution is 7.98. The predicted molar refractivity (Wildman–Crippen MR) is 130 cm³/mol. The third-order valence-electron chi connectivity index (χ3n) is 5.17. The first kappa shape index (κ1) is 28.8. The van der Waals surface area contributed by atoms with Gasteiger partial charge in [-0.15, -0.1) is 0 Å². The number of nitrogens with two attached hydrogens (primary N) is 1. The Balaban J connectivity index is 2.92. The smallest absolute Gasteiger partial charge is 0.326 e. The minimum absolute atomic E-state index is 0.0671. The van der Waals surface area contributed by atoms with E-state index >= 15 is 0 Å². The zero-order valence-electron chi connectivity index (χ0n) is 19.0. The van der Waals surface area contributed by atoms with Crippen LogP contribution in [0.3, 0.4) is 0 Å². The van der Waals surface area contributed by atoms with Gasteiger partial charge in [-0.2, -0.15) is 24.4 Å². The van der Waals surface area contributed by atoms with Crippen LogP contribution in [0, 0.1) is 5.92 Å². The van der Waals surface area contributed by atoms with E-state index in [0.717, 1.165) is 0 Å². The number of hydrogen-bond acceptors (Lipinski definition) is 8. The highest BCUT2D eigenvalue weighted by atomic mass is 32.2. The van der Waals surface area contributed by atoms with E-state index in [9.17, 15) is 24.3 Å². The summed E-state index contributed by atoms with van der Waals surface area (Å²) in [5.74, 6) is -2.63. The molecule has 1 heterocycles. The van der Waals surface area contributed by atoms with Crippen LogP contribution in [0.4, 0.5) is 0 Å². The van der Waals surface area contributed by atoms with E-state index in [4.69, 9.17) is 5.73 Å². The van der Waals surface area contributed by atoms with E-state index in [2.05, 4.69) is 38.5 Å². The highest BCUT2D eigenvalue weighted by Gasteiger charge is 2.31. The zero-order valence-corrected chi connectivity index (χ0v) is 20.7. The molecular weight excluding hydrogens is 468 g/mol. The molecule has 7 N–H and O–H groups in total. The maximum atomic E-state index is 13.0. The van der Waals surface area contributed by atoms with E-state index < -0.39 is 47.9 Å². The molecular formula is C20H34N6O5S2. The molecule has 11 nitrogen and oxygen atoms in total. The lowest BCUT2D eigenvalue weighted by atomic mass is 9.99. The lowest BCUT2D eigenvalue weighted by Gasteiger charge is -2.25. The van der Waals surface area contributed by atoms with Gasteiger partial charge in [-0.3, -0.25) is 14.4 Å². The first-order valence-electron chi connectivity index (χ1n) is 10.6. The van der Waals surface area contributed by atoms with Crippen LogP contribution in [0.15, 0.2) is 12.5 Å². The van der Waals surface area contributed by atoms with Crippen LogP contribution in [0.25, 0.3) is 0 Å². The number of aromatic nitrogens is 2. The molecule has 13 heteroatoms. The van der Waals surface area contributed by atoms with E-state index in [1.807, 2.05) is 13.2 Å². The third kappa shape index (κ3) is 9.64. The number of carboxylic acids is 1. The van der Waals surface area contributed by atoms with Crippen LogP contribution in [0.5, 0.6) is 0 Å². The Bertz CT molecular complexity index is 779. The van der Waals surface area contributed by atoms with Crippen molar-refractivity contribution in [1.29, 1.82) is 0 Å².